The van der Waals surface area contributed by atoms with Gasteiger partial charge in [-0.15, -0.1) is 0 Å². The Kier molecular flexibility index (Phi) is 8.20. The van der Waals surface area contributed by atoms with E-state index in [0.717, 1.165) is 48.1 Å². The topological polar surface area (TPSA) is 90.5 Å². The van der Waals surface area contributed by atoms with Crippen molar-refractivity contribution >= 4 is 23.5 Å². The largest absolute Gasteiger partial charge is 0.335 e. The van der Waals surface area contributed by atoms with Gasteiger partial charge in [-0.2, -0.15) is 0 Å². The minimum atomic E-state index is -0.613. The first-order chi connectivity index (χ1) is 13.7. The van der Waals surface area contributed by atoms with Gasteiger partial charge in [-0.1, -0.05) is 37.0 Å². The van der Waals surface area contributed by atoms with Crippen LogP contribution in [0.1, 0.15) is 55.7 Å². The highest BCUT2D eigenvalue weighted by Gasteiger charge is 2.23. The number of carbonyl (C=O) groups excluding carboxylic acids is 3. The molecule has 0 aliphatic heterocycles. The number of carbonyl (C=O) groups is 3. The van der Waals surface area contributed by atoms with Gasteiger partial charge in [0, 0.05) is 11.7 Å². The van der Waals surface area contributed by atoms with Gasteiger partial charge >= 0.3 is 6.03 Å². The first-order valence-corrected chi connectivity index (χ1v) is 10.4. The van der Waals surface area contributed by atoms with Gasteiger partial charge in [0.15, 0.2) is 0 Å². The van der Waals surface area contributed by atoms with Gasteiger partial charge in [-0.3, -0.25) is 19.8 Å². The Bertz CT molecular complexity index is 733. The summed E-state index contributed by atoms with van der Waals surface area (Å²) in [5.41, 5.74) is 3.96. The number of hydrogen-bond donors (Lipinski definition) is 3. The predicted molar refractivity (Wildman–Crippen MR) is 115 cm³/mol. The fourth-order valence-electron chi connectivity index (χ4n) is 3.80. The lowest BCUT2D eigenvalue weighted by Gasteiger charge is -2.25. The molecule has 0 bridgehead atoms. The normalized spacial score (nSPS) is 15.7. The molecular formula is C22H34N4O3. The van der Waals surface area contributed by atoms with Crippen LogP contribution in [0.4, 0.5) is 10.5 Å². The van der Waals surface area contributed by atoms with Crippen molar-refractivity contribution in [1.29, 1.82) is 0 Å². The van der Waals surface area contributed by atoms with Crippen molar-refractivity contribution in [2.24, 2.45) is 0 Å². The summed E-state index contributed by atoms with van der Waals surface area (Å²) in [7, 11) is 1.69. The van der Waals surface area contributed by atoms with Crippen LogP contribution in [-0.2, 0) is 9.59 Å². The third-order valence-corrected chi connectivity index (χ3v) is 5.55. The van der Waals surface area contributed by atoms with Crippen LogP contribution in [0.15, 0.2) is 12.1 Å². The van der Waals surface area contributed by atoms with Crippen LogP contribution < -0.4 is 16.0 Å². The number of amides is 4. The maximum Gasteiger partial charge on any atom is 0.321 e. The summed E-state index contributed by atoms with van der Waals surface area (Å²) < 4.78 is 0. The van der Waals surface area contributed by atoms with Gasteiger partial charge in [0.2, 0.25) is 11.8 Å². The number of rotatable bonds is 6. The maximum atomic E-state index is 12.5. The number of hydrogen-bond acceptors (Lipinski definition) is 4. The van der Waals surface area contributed by atoms with Crippen LogP contribution in [0, 0.1) is 20.8 Å². The van der Waals surface area contributed by atoms with E-state index in [2.05, 4.69) is 16.0 Å². The molecule has 160 valence electrons. The van der Waals surface area contributed by atoms with E-state index < -0.39 is 18.0 Å². The summed E-state index contributed by atoms with van der Waals surface area (Å²) in [6, 6.07) is 3.10. The Morgan fingerprint density at radius 1 is 1.07 bits per heavy atom. The molecular weight excluding hydrogens is 368 g/mol. The van der Waals surface area contributed by atoms with Crippen LogP contribution in [-0.4, -0.2) is 48.4 Å². The van der Waals surface area contributed by atoms with Crippen molar-refractivity contribution in [1.82, 2.24) is 15.5 Å². The smallest absolute Gasteiger partial charge is 0.321 e. The number of likely N-dealkylation sites (N-methyl/N-ethyl adjacent to an activating group) is 1. The molecule has 1 fully saturated rings. The van der Waals surface area contributed by atoms with Crippen molar-refractivity contribution in [3.8, 4) is 0 Å². The standard InChI is InChI=1S/C22H34N4O3/c1-14-11-15(2)20(16(3)12-14)24-19(27)13-26(5)17(4)21(28)25-22(29)23-18-9-7-6-8-10-18/h11-12,17-18H,6-10,13H2,1-5H3,(H,24,27)(H2,23,25,28,29). The number of nitrogens with one attached hydrogen (secondary N) is 3. The zero-order valence-electron chi connectivity index (χ0n) is 18.2. The molecule has 0 aromatic heterocycles. The maximum absolute atomic E-state index is 12.5. The Balaban J connectivity index is 1.84. The SMILES string of the molecule is Cc1cc(C)c(NC(=O)CN(C)C(C)C(=O)NC(=O)NC2CCCCC2)c(C)c1. The number of anilines is 1. The van der Waals surface area contributed by atoms with Gasteiger partial charge < -0.3 is 10.6 Å². The third-order valence-electron chi connectivity index (χ3n) is 5.55. The molecule has 1 aromatic rings. The highest BCUT2D eigenvalue weighted by atomic mass is 16.2. The predicted octanol–water partition coefficient (Wildman–Crippen LogP) is 3.03. The molecule has 29 heavy (non-hydrogen) atoms. The van der Waals surface area contributed by atoms with E-state index in [0.29, 0.717) is 0 Å². The second-order valence-electron chi connectivity index (χ2n) is 8.21. The second-order valence-corrected chi connectivity index (χ2v) is 8.21. The van der Waals surface area contributed by atoms with Gasteiger partial charge in [0.05, 0.1) is 12.6 Å². The number of benzene rings is 1. The van der Waals surface area contributed by atoms with Crippen LogP contribution in [0.25, 0.3) is 0 Å². The summed E-state index contributed by atoms with van der Waals surface area (Å²) in [6.07, 6.45) is 5.31. The molecule has 0 radical (unpaired) electrons. The minimum Gasteiger partial charge on any atom is -0.335 e. The average molecular weight is 403 g/mol. The first kappa shape index (κ1) is 22.9. The molecule has 2 rings (SSSR count). The van der Waals surface area contributed by atoms with Crippen molar-refractivity contribution in [3.63, 3.8) is 0 Å². The molecule has 0 saturated heterocycles. The minimum absolute atomic E-state index is 0.0472. The highest BCUT2D eigenvalue weighted by Crippen LogP contribution is 2.22. The molecule has 1 unspecified atom stereocenters. The van der Waals surface area contributed by atoms with Crippen LogP contribution in [0.3, 0.4) is 0 Å². The Hall–Kier alpha value is -2.41. The molecule has 1 saturated carbocycles. The van der Waals surface area contributed by atoms with E-state index in [1.807, 2.05) is 32.9 Å². The molecule has 0 spiro atoms. The van der Waals surface area contributed by atoms with E-state index in [4.69, 9.17) is 0 Å². The Morgan fingerprint density at radius 2 is 1.66 bits per heavy atom. The summed E-state index contributed by atoms with van der Waals surface area (Å²) in [6.45, 7) is 7.66. The lowest BCUT2D eigenvalue weighted by Crippen LogP contribution is -2.51. The lowest BCUT2D eigenvalue weighted by atomic mass is 9.96. The molecule has 1 aliphatic rings. The van der Waals surface area contributed by atoms with Gasteiger partial charge in [-0.05, 0) is 58.7 Å². The number of urea groups is 1. The number of imide groups is 1. The summed E-state index contributed by atoms with van der Waals surface area (Å²) in [4.78, 5) is 38.5. The Labute approximate surface area is 173 Å². The molecule has 4 amide bonds. The number of aryl methyl sites for hydroxylation is 3. The van der Waals surface area contributed by atoms with Crippen LogP contribution in [0.5, 0.6) is 0 Å². The van der Waals surface area contributed by atoms with Gasteiger partial charge in [-0.25, -0.2) is 4.79 Å². The van der Waals surface area contributed by atoms with E-state index in [-0.39, 0.29) is 18.5 Å². The lowest BCUT2D eigenvalue weighted by molar-refractivity contribution is -0.125. The molecule has 1 atom stereocenters. The van der Waals surface area contributed by atoms with Crippen molar-refractivity contribution in [3.05, 3.63) is 28.8 Å². The van der Waals surface area contributed by atoms with E-state index in [1.165, 1.54) is 6.42 Å². The van der Waals surface area contributed by atoms with E-state index in [9.17, 15) is 14.4 Å². The zero-order valence-corrected chi connectivity index (χ0v) is 18.2. The Morgan fingerprint density at radius 3 is 2.24 bits per heavy atom. The van der Waals surface area contributed by atoms with Crippen LogP contribution in [0.2, 0.25) is 0 Å². The first-order valence-electron chi connectivity index (χ1n) is 10.4. The van der Waals surface area contributed by atoms with Gasteiger partial charge in [0.1, 0.15) is 0 Å². The highest BCUT2D eigenvalue weighted by molar-refractivity contribution is 5.98. The van der Waals surface area contributed by atoms with Crippen molar-refractivity contribution < 1.29 is 14.4 Å². The van der Waals surface area contributed by atoms with Crippen LogP contribution >= 0.6 is 0 Å². The van der Waals surface area contributed by atoms with Gasteiger partial charge in [0.25, 0.3) is 0 Å². The third kappa shape index (κ3) is 6.85. The summed E-state index contributed by atoms with van der Waals surface area (Å²) in [5, 5.41) is 8.19. The zero-order chi connectivity index (χ0) is 21.6. The number of nitrogens with zero attached hydrogens (tertiary/aromatic N) is 1. The van der Waals surface area contributed by atoms with Crippen molar-refractivity contribution in [2.45, 2.75) is 71.9 Å². The molecule has 7 heteroatoms. The van der Waals surface area contributed by atoms with Crippen molar-refractivity contribution in [2.75, 3.05) is 18.9 Å². The van der Waals surface area contributed by atoms with E-state index in [1.54, 1.807) is 18.9 Å². The fourth-order valence-corrected chi connectivity index (χ4v) is 3.80. The fraction of sp³-hybridized carbons (Fsp3) is 0.591. The summed E-state index contributed by atoms with van der Waals surface area (Å²) in [5.74, 6) is -0.620. The molecule has 7 nitrogen and oxygen atoms in total. The molecule has 3 N–H and O–H groups in total. The quantitative estimate of drug-likeness (QED) is 0.682. The summed E-state index contributed by atoms with van der Waals surface area (Å²) >= 11 is 0. The van der Waals surface area contributed by atoms with E-state index >= 15 is 0 Å². The second kappa shape index (κ2) is 10.4. The average Bonchev–Trinajstić information content (AvgIpc) is 2.64. The molecule has 1 aliphatic carbocycles. The molecule has 1 aromatic carbocycles. The monoisotopic (exact) mass is 402 g/mol. The molecule has 0 heterocycles.